The van der Waals surface area contributed by atoms with Crippen LogP contribution in [0.3, 0.4) is 0 Å². The maximum Gasteiger partial charge on any atom is 0.0409 e. The van der Waals surface area contributed by atoms with Crippen LogP contribution in [0.2, 0.25) is 5.02 Å². The number of hydrogen-bond donors (Lipinski definition) is 1. The highest BCUT2D eigenvalue weighted by Gasteiger charge is 2.28. The highest BCUT2D eigenvalue weighted by molar-refractivity contribution is 6.30. The molecule has 112 valence electrons. The first kappa shape index (κ1) is 15.8. The summed E-state index contributed by atoms with van der Waals surface area (Å²) in [6.07, 6.45) is 3.70. The minimum absolute atomic E-state index is 0.441. The van der Waals surface area contributed by atoms with E-state index in [2.05, 4.69) is 43.1 Å². The molecule has 20 heavy (non-hydrogen) atoms. The molecule has 3 heteroatoms. The van der Waals surface area contributed by atoms with Gasteiger partial charge in [0.2, 0.25) is 0 Å². The molecule has 0 bridgehead atoms. The molecule has 1 aliphatic heterocycles. The molecule has 0 radical (unpaired) electrons. The van der Waals surface area contributed by atoms with Crippen LogP contribution in [0.15, 0.2) is 24.3 Å². The van der Waals surface area contributed by atoms with Crippen molar-refractivity contribution >= 4 is 11.6 Å². The van der Waals surface area contributed by atoms with Crippen molar-refractivity contribution in [2.24, 2.45) is 0 Å². The van der Waals surface area contributed by atoms with Crippen LogP contribution in [-0.2, 0) is 0 Å². The van der Waals surface area contributed by atoms with Crippen molar-refractivity contribution in [1.82, 2.24) is 10.2 Å². The molecule has 1 aromatic rings. The molecule has 3 atom stereocenters. The van der Waals surface area contributed by atoms with Gasteiger partial charge >= 0.3 is 0 Å². The van der Waals surface area contributed by atoms with Crippen LogP contribution in [0.5, 0.6) is 0 Å². The number of nitrogens with one attached hydrogen (secondary N) is 1. The monoisotopic (exact) mass is 294 g/mol. The van der Waals surface area contributed by atoms with Crippen LogP contribution in [-0.4, -0.2) is 30.1 Å². The number of likely N-dealkylation sites (tertiary alicyclic amines) is 1. The second kappa shape index (κ2) is 7.44. The van der Waals surface area contributed by atoms with Crippen LogP contribution in [0.1, 0.15) is 51.6 Å². The van der Waals surface area contributed by atoms with Gasteiger partial charge in [0.25, 0.3) is 0 Å². The van der Waals surface area contributed by atoms with Crippen molar-refractivity contribution < 1.29 is 0 Å². The fourth-order valence-electron chi connectivity index (χ4n) is 3.26. The van der Waals surface area contributed by atoms with Gasteiger partial charge in [-0.3, -0.25) is 4.90 Å². The third-order valence-electron chi connectivity index (χ3n) is 4.44. The number of hydrogen-bond acceptors (Lipinski definition) is 2. The third kappa shape index (κ3) is 3.97. The molecule has 0 aromatic heterocycles. The Labute approximate surface area is 128 Å². The van der Waals surface area contributed by atoms with Crippen LogP contribution in [0, 0.1) is 0 Å². The zero-order chi connectivity index (χ0) is 14.5. The van der Waals surface area contributed by atoms with E-state index in [1.807, 2.05) is 12.1 Å². The van der Waals surface area contributed by atoms with Crippen LogP contribution in [0.4, 0.5) is 0 Å². The molecule has 3 unspecified atom stereocenters. The number of halogens is 1. The number of nitrogens with zero attached hydrogens (tertiary/aromatic N) is 1. The van der Waals surface area contributed by atoms with Gasteiger partial charge < -0.3 is 5.32 Å². The fourth-order valence-corrected chi connectivity index (χ4v) is 3.46. The van der Waals surface area contributed by atoms with Gasteiger partial charge in [0.15, 0.2) is 0 Å². The summed E-state index contributed by atoms with van der Waals surface area (Å²) in [4.78, 5) is 2.61. The van der Waals surface area contributed by atoms with Gasteiger partial charge in [-0.05, 0) is 57.4 Å². The molecular formula is C17H27ClN2. The molecule has 2 rings (SSSR count). The third-order valence-corrected chi connectivity index (χ3v) is 4.67. The highest BCUT2D eigenvalue weighted by Crippen LogP contribution is 2.29. The molecule has 1 N–H and O–H groups in total. The maximum atomic E-state index is 6.12. The van der Waals surface area contributed by atoms with E-state index in [9.17, 15) is 0 Å². The predicted octanol–water partition coefficient (Wildman–Crippen LogP) is 4.25. The predicted molar refractivity (Wildman–Crippen MR) is 87.4 cm³/mol. The summed E-state index contributed by atoms with van der Waals surface area (Å²) in [6.45, 7) is 9.17. The van der Waals surface area contributed by atoms with E-state index in [4.69, 9.17) is 11.6 Å². The molecule has 2 nitrogen and oxygen atoms in total. The lowest BCUT2D eigenvalue weighted by atomic mass is 9.94. The topological polar surface area (TPSA) is 15.3 Å². The lowest BCUT2D eigenvalue weighted by molar-refractivity contribution is 0.0956. The Morgan fingerprint density at radius 1 is 1.45 bits per heavy atom. The fraction of sp³-hybridized carbons (Fsp3) is 0.647. The molecular weight excluding hydrogens is 268 g/mol. The van der Waals surface area contributed by atoms with Gasteiger partial charge in [0.1, 0.15) is 0 Å². The molecule has 0 spiro atoms. The largest absolute Gasteiger partial charge is 0.314 e. The van der Waals surface area contributed by atoms with Crippen LogP contribution >= 0.6 is 11.6 Å². The number of benzene rings is 1. The summed E-state index contributed by atoms with van der Waals surface area (Å²) in [5.74, 6) is 0. The summed E-state index contributed by atoms with van der Waals surface area (Å²) in [6, 6.07) is 10.0. The van der Waals surface area contributed by atoms with Crippen molar-refractivity contribution in [1.29, 1.82) is 0 Å². The van der Waals surface area contributed by atoms with E-state index >= 15 is 0 Å². The van der Waals surface area contributed by atoms with Crippen molar-refractivity contribution in [3.05, 3.63) is 34.9 Å². The normalized spacial score (nSPS) is 25.6. The summed E-state index contributed by atoms with van der Waals surface area (Å²) >= 11 is 6.12. The Bertz CT molecular complexity index is 421. The summed E-state index contributed by atoms with van der Waals surface area (Å²) in [7, 11) is 0. The van der Waals surface area contributed by atoms with Crippen LogP contribution in [0.25, 0.3) is 0 Å². The van der Waals surface area contributed by atoms with Gasteiger partial charge in [0, 0.05) is 29.7 Å². The summed E-state index contributed by atoms with van der Waals surface area (Å²) in [5.41, 5.74) is 1.32. The summed E-state index contributed by atoms with van der Waals surface area (Å²) < 4.78 is 0. The zero-order valence-corrected chi connectivity index (χ0v) is 13.7. The van der Waals surface area contributed by atoms with E-state index in [-0.39, 0.29) is 0 Å². The maximum absolute atomic E-state index is 6.12. The molecule has 0 saturated carbocycles. The lowest BCUT2D eigenvalue weighted by Crippen LogP contribution is -2.48. The average Bonchev–Trinajstić information content (AvgIpc) is 2.44. The minimum atomic E-state index is 0.441. The number of piperidine rings is 1. The van der Waals surface area contributed by atoms with E-state index < -0.39 is 0 Å². The average molecular weight is 295 g/mol. The Morgan fingerprint density at radius 3 is 2.90 bits per heavy atom. The smallest absolute Gasteiger partial charge is 0.0409 e. The minimum Gasteiger partial charge on any atom is -0.314 e. The second-order valence-electron chi connectivity index (χ2n) is 5.99. The van der Waals surface area contributed by atoms with Crippen LogP contribution < -0.4 is 5.32 Å². The Kier molecular flexibility index (Phi) is 5.88. The Morgan fingerprint density at radius 2 is 2.25 bits per heavy atom. The van der Waals surface area contributed by atoms with E-state index in [0.717, 1.165) is 18.1 Å². The Balaban J connectivity index is 1.96. The quantitative estimate of drug-likeness (QED) is 0.873. The molecule has 1 fully saturated rings. The van der Waals surface area contributed by atoms with Gasteiger partial charge in [-0.15, -0.1) is 0 Å². The molecule has 1 aromatic carbocycles. The van der Waals surface area contributed by atoms with Crippen molar-refractivity contribution in [3.8, 4) is 0 Å². The SMILES string of the molecule is CCCNC1CCN(C(C)c2cccc(Cl)c2)C(C)C1. The first-order valence-corrected chi connectivity index (χ1v) is 8.24. The molecule has 0 aliphatic carbocycles. The van der Waals surface area contributed by atoms with E-state index in [0.29, 0.717) is 18.1 Å². The first-order valence-electron chi connectivity index (χ1n) is 7.86. The number of rotatable bonds is 5. The standard InChI is InChI=1S/C17H27ClN2/c1-4-9-19-17-8-10-20(13(2)11-17)14(3)15-6-5-7-16(18)12-15/h5-7,12-14,17,19H,4,8-11H2,1-3H3. The van der Waals surface area contributed by atoms with Gasteiger partial charge in [0.05, 0.1) is 0 Å². The second-order valence-corrected chi connectivity index (χ2v) is 6.43. The molecule has 1 aliphatic rings. The van der Waals surface area contributed by atoms with Crippen molar-refractivity contribution in [2.75, 3.05) is 13.1 Å². The molecule has 0 amide bonds. The highest BCUT2D eigenvalue weighted by atomic mass is 35.5. The molecule has 1 heterocycles. The lowest BCUT2D eigenvalue weighted by Gasteiger charge is -2.41. The van der Waals surface area contributed by atoms with E-state index in [1.165, 1.54) is 24.8 Å². The Hall–Kier alpha value is -0.570. The first-order chi connectivity index (χ1) is 9.61. The van der Waals surface area contributed by atoms with Crippen molar-refractivity contribution in [3.63, 3.8) is 0 Å². The van der Waals surface area contributed by atoms with Gasteiger partial charge in [-0.2, -0.15) is 0 Å². The zero-order valence-electron chi connectivity index (χ0n) is 12.9. The van der Waals surface area contributed by atoms with Crippen molar-refractivity contribution in [2.45, 2.75) is 58.2 Å². The van der Waals surface area contributed by atoms with Gasteiger partial charge in [-0.25, -0.2) is 0 Å². The summed E-state index contributed by atoms with van der Waals surface area (Å²) in [5, 5.41) is 4.50. The van der Waals surface area contributed by atoms with Gasteiger partial charge in [-0.1, -0.05) is 30.7 Å². The van der Waals surface area contributed by atoms with E-state index in [1.54, 1.807) is 0 Å². The molecule has 1 saturated heterocycles.